The van der Waals surface area contributed by atoms with Crippen molar-refractivity contribution in [2.45, 2.75) is 6.92 Å². The van der Waals surface area contributed by atoms with Crippen LogP contribution in [0.5, 0.6) is 11.5 Å². The van der Waals surface area contributed by atoms with Gasteiger partial charge in [0, 0.05) is 24.6 Å². The summed E-state index contributed by atoms with van der Waals surface area (Å²) < 4.78 is 10.7. The van der Waals surface area contributed by atoms with Crippen LogP contribution >= 0.6 is 0 Å². The van der Waals surface area contributed by atoms with E-state index in [9.17, 15) is 4.79 Å². The maximum atomic E-state index is 12.3. The van der Waals surface area contributed by atoms with Crippen molar-refractivity contribution < 1.29 is 14.3 Å². The van der Waals surface area contributed by atoms with Crippen LogP contribution in [0.2, 0.25) is 0 Å². The molecule has 3 rings (SSSR count). The summed E-state index contributed by atoms with van der Waals surface area (Å²) in [6.07, 6.45) is 3.07. The van der Waals surface area contributed by atoms with E-state index in [-0.39, 0.29) is 5.91 Å². The number of aromatic nitrogens is 2. The normalized spacial score (nSPS) is 10.3. The molecule has 0 bridgehead atoms. The SMILES string of the molecule is CCN(c1ccccc1)c1ncc(C(=O)NCCOc2ccc(OC)cc2)cn1. The van der Waals surface area contributed by atoms with E-state index in [0.717, 1.165) is 18.0 Å². The molecule has 0 spiro atoms. The minimum atomic E-state index is -0.238. The fraction of sp³-hybridized carbons (Fsp3) is 0.227. The van der Waals surface area contributed by atoms with Crippen molar-refractivity contribution in [2.24, 2.45) is 0 Å². The zero-order chi connectivity index (χ0) is 20.5. The molecule has 0 atom stereocenters. The third kappa shape index (κ3) is 5.44. The van der Waals surface area contributed by atoms with Crippen LogP contribution in [0.4, 0.5) is 11.6 Å². The number of methoxy groups -OCH3 is 1. The number of nitrogens with zero attached hydrogens (tertiary/aromatic N) is 3. The Bertz CT molecular complexity index is 900. The summed E-state index contributed by atoms with van der Waals surface area (Å²) in [7, 11) is 1.61. The predicted molar refractivity (Wildman–Crippen MR) is 112 cm³/mol. The van der Waals surface area contributed by atoms with Gasteiger partial charge < -0.3 is 19.7 Å². The van der Waals surface area contributed by atoms with Crippen LogP contribution < -0.4 is 19.7 Å². The van der Waals surface area contributed by atoms with E-state index in [1.165, 1.54) is 12.4 Å². The molecule has 1 aromatic heterocycles. The summed E-state index contributed by atoms with van der Waals surface area (Å²) in [6, 6.07) is 17.2. The lowest BCUT2D eigenvalue weighted by molar-refractivity contribution is 0.0946. The highest BCUT2D eigenvalue weighted by molar-refractivity contribution is 5.93. The fourth-order valence-corrected chi connectivity index (χ4v) is 2.73. The van der Waals surface area contributed by atoms with Gasteiger partial charge in [0.25, 0.3) is 5.91 Å². The minimum absolute atomic E-state index is 0.238. The zero-order valence-electron chi connectivity index (χ0n) is 16.5. The highest BCUT2D eigenvalue weighted by Crippen LogP contribution is 2.20. The Kier molecular flexibility index (Phi) is 7.00. The van der Waals surface area contributed by atoms with E-state index < -0.39 is 0 Å². The van der Waals surface area contributed by atoms with E-state index in [0.29, 0.717) is 30.4 Å². The lowest BCUT2D eigenvalue weighted by Gasteiger charge is -2.20. The maximum Gasteiger partial charge on any atom is 0.254 e. The first kappa shape index (κ1) is 20.1. The number of carbonyl (C=O) groups is 1. The van der Waals surface area contributed by atoms with Gasteiger partial charge in [0.2, 0.25) is 5.95 Å². The van der Waals surface area contributed by atoms with Gasteiger partial charge in [-0.2, -0.15) is 0 Å². The van der Waals surface area contributed by atoms with Gasteiger partial charge in [-0.3, -0.25) is 4.79 Å². The van der Waals surface area contributed by atoms with Crippen molar-refractivity contribution >= 4 is 17.5 Å². The second-order valence-corrected chi connectivity index (χ2v) is 6.13. The number of hydrogen-bond acceptors (Lipinski definition) is 6. The molecule has 1 amide bonds. The molecule has 0 saturated carbocycles. The zero-order valence-corrected chi connectivity index (χ0v) is 16.5. The molecule has 7 heteroatoms. The van der Waals surface area contributed by atoms with Gasteiger partial charge in [-0.15, -0.1) is 0 Å². The van der Waals surface area contributed by atoms with Crippen molar-refractivity contribution in [1.29, 1.82) is 0 Å². The molecule has 7 nitrogen and oxygen atoms in total. The Hall–Kier alpha value is -3.61. The molecule has 1 N–H and O–H groups in total. The molecule has 0 unspecified atom stereocenters. The molecule has 0 aliphatic carbocycles. The lowest BCUT2D eigenvalue weighted by Crippen LogP contribution is -2.28. The Morgan fingerprint density at radius 1 is 1.00 bits per heavy atom. The van der Waals surface area contributed by atoms with Gasteiger partial charge >= 0.3 is 0 Å². The van der Waals surface area contributed by atoms with E-state index in [1.54, 1.807) is 7.11 Å². The molecule has 0 fully saturated rings. The highest BCUT2D eigenvalue weighted by Gasteiger charge is 2.12. The Morgan fingerprint density at radius 2 is 1.66 bits per heavy atom. The number of amides is 1. The first-order valence-corrected chi connectivity index (χ1v) is 9.41. The maximum absolute atomic E-state index is 12.3. The largest absolute Gasteiger partial charge is 0.497 e. The number of hydrogen-bond donors (Lipinski definition) is 1. The van der Waals surface area contributed by atoms with E-state index in [1.807, 2.05) is 66.4 Å². The van der Waals surface area contributed by atoms with Gasteiger partial charge in [0.1, 0.15) is 18.1 Å². The van der Waals surface area contributed by atoms with Crippen molar-refractivity contribution in [3.8, 4) is 11.5 Å². The van der Waals surface area contributed by atoms with Crippen LogP contribution in [-0.4, -0.2) is 42.7 Å². The van der Waals surface area contributed by atoms with Crippen molar-refractivity contribution in [3.63, 3.8) is 0 Å². The number of benzene rings is 2. The Balaban J connectivity index is 1.50. The van der Waals surface area contributed by atoms with Crippen LogP contribution in [0.1, 0.15) is 17.3 Å². The first-order chi connectivity index (χ1) is 14.2. The molecule has 150 valence electrons. The Morgan fingerprint density at radius 3 is 2.28 bits per heavy atom. The van der Waals surface area contributed by atoms with Crippen LogP contribution in [0.3, 0.4) is 0 Å². The smallest absolute Gasteiger partial charge is 0.254 e. The van der Waals surface area contributed by atoms with Gasteiger partial charge in [0.15, 0.2) is 0 Å². The van der Waals surface area contributed by atoms with Crippen LogP contribution in [0.15, 0.2) is 67.0 Å². The average molecular weight is 392 g/mol. The topological polar surface area (TPSA) is 76.6 Å². The summed E-state index contributed by atoms with van der Waals surface area (Å²) in [5.74, 6) is 1.80. The molecular weight excluding hydrogens is 368 g/mol. The highest BCUT2D eigenvalue weighted by atomic mass is 16.5. The first-order valence-electron chi connectivity index (χ1n) is 9.41. The standard InChI is InChI=1S/C22H24N4O3/c1-3-26(18-7-5-4-6-8-18)22-24-15-17(16-25-22)21(27)23-13-14-29-20-11-9-19(28-2)10-12-20/h4-12,15-16H,3,13-14H2,1-2H3,(H,23,27). The number of nitrogens with one attached hydrogen (secondary N) is 1. The quantitative estimate of drug-likeness (QED) is 0.562. The monoisotopic (exact) mass is 392 g/mol. The molecule has 2 aromatic carbocycles. The van der Waals surface area contributed by atoms with Crippen molar-refractivity contribution in [2.75, 3.05) is 31.7 Å². The summed E-state index contributed by atoms with van der Waals surface area (Å²) in [5.41, 5.74) is 1.41. The van der Waals surface area contributed by atoms with Gasteiger partial charge in [-0.1, -0.05) is 18.2 Å². The minimum Gasteiger partial charge on any atom is -0.497 e. The second kappa shape index (κ2) is 10.1. The average Bonchev–Trinajstić information content (AvgIpc) is 2.79. The van der Waals surface area contributed by atoms with E-state index in [2.05, 4.69) is 15.3 Å². The molecule has 0 aliphatic rings. The van der Waals surface area contributed by atoms with Crippen molar-refractivity contribution in [1.82, 2.24) is 15.3 Å². The number of para-hydroxylation sites is 1. The molecule has 0 saturated heterocycles. The molecule has 3 aromatic rings. The van der Waals surface area contributed by atoms with Gasteiger partial charge in [0.05, 0.1) is 19.2 Å². The third-order valence-corrected chi connectivity index (χ3v) is 4.24. The number of rotatable bonds is 9. The third-order valence-electron chi connectivity index (χ3n) is 4.24. The summed E-state index contributed by atoms with van der Waals surface area (Å²) in [4.78, 5) is 23.0. The molecule has 29 heavy (non-hydrogen) atoms. The van der Waals surface area contributed by atoms with E-state index >= 15 is 0 Å². The van der Waals surface area contributed by atoms with Crippen LogP contribution in [0, 0.1) is 0 Å². The number of ether oxygens (including phenoxy) is 2. The molecule has 0 radical (unpaired) electrons. The van der Waals surface area contributed by atoms with Gasteiger partial charge in [-0.05, 0) is 43.3 Å². The molecule has 1 heterocycles. The van der Waals surface area contributed by atoms with Crippen molar-refractivity contribution in [3.05, 3.63) is 72.6 Å². The lowest BCUT2D eigenvalue weighted by atomic mass is 10.3. The molecular formula is C22H24N4O3. The van der Waals surface area contributed by atoms with Crippen LogP contribution in [-0.2, 0) is 0 Å². The number of carbonyl (C=O) groups excluding carboxylic acids is 1. The Labute approximate surface area is 170 Å². The predicted octanol–water partition coefficient (Wildman–Crippen LogP) is 3.45. The van der Waals surface area contributed by atoms with E-state index in [4.69, 9.17) is 9.47 Å². The van der Waals surface area contributed by atoms with Gasteiger partial charge in [-0.25, -0.2) is 9.97 Å². The number of anilines is 2. The fourth-order valence-electron chi connectivity index (χ4n) is 2.73. The summed E-state index contributed by atoms with van der Waals surface area (Å²) in [5, 5.41) is 2.80. The second-order valence-electron chi connectivity index (χ2n) is 6.13. The summed E-state index contributed by atoms with van der Waals surface area (Å²) in [6.45, 7) is 3.48. The molecule has 0 aliphatic heterocycles. The summed E-state index contributed by atoms with van der Waals surface area (Å²) >= 11 is 0. The van der Waals surface area contributed by atoms with Crippen LogP contribution in [0.25, 0.3) is 0 Å².